The van der Waals surface area contributed by atoms with Crippen LogP contribution in [0.1, 0.15) is 19.8 Å². The van der Waals surface area contributed by atoms with Crippen LogP contribution in [0, 0.1) is 0 Å². The Labute approximate surface area is 69.3 Å². The van der Waals surface area contributed by atoms with Crippen LogP contribution in [0.4, 0.5) is 0 Å². The molecular weight excluding hydrogens is 134 g/mol. The standard InChI is InChI=1S/C7H10.C3H7N/c1-7-5-3-2-4-6-7;1-2-3-4/h3,5-6H,2,4H2,1H3;2H,1,3-4H2. The van der Waals surface area contributed by atoms with Crippen LogP contribution in [0.25, 0.3) is 0 Å². The van der Waals surface area contributed by atoms with Crippen LogP contribution in [0.2, 0.25) is 0 Å². The second kappa shape index (κ2) is 7.29. The highest BCUT2D eigenvalue weighted by Gasteiger charge is 1.86. The predicted molar refractivity (Wildman–Crippen MR) is 51.4 cm³/mol. The summed E-state index contributed by atoms with van der Waals surface area (Å²) >= 11 is 0. The maximum atomic E-state index is 4.91. The number of hydrogen-bond donors (Lipinski definition) is 1. The maximum absolute atomic E-state index is 4.91. The van der Waals surface area contributed by atoms with Gasteiger partial charge >= 0.3 is 0 Å². The van der Waals surface area contributed by atoms with Crippen molar-refractivity contribution in [3.05, 3.63) is 36.5 Å². The fraction of sp³-hybridized carbons (Fsp3) is 0.400. The minimum absolute atomic E-state index is 0.583. The highest BCUT2D eigenvalue weighted by molar-refractivity contribution is 5.18. The molecule has 0 aliphatic heterocycles. The van der Waals surface area contributed by atoms with E-state index >= 15 is 0 Å². The monoisotopic (exact) mass is 151 g/mol. The minimum Gasteiger partial charge on any atom is -0.327 e. The van der Waals surface area contributed by atoms with E-state index in [1.807, 2.05) is 0 Å². The molecule has 11 heavy (non-hydrogen) atoms. The first-order valence-corrected chi connectivity index (χ1v) is 3.95. The molecule has 1 aliphatic carbocycles. The van der Waals surface area contributed by atoms with E-state index in [4.69, 9.17) is 5.73 Å². The molecule has 2 N–H and O–H groups in total. The molecule has 0 aromatic carbocycles. The first-order valence-electron chi connectivity index (χ1n) is 3.95. The van der Waals surface area contributed by atoms with Gasteiger partial charge in [0.25, 0.3) is 0 Å². The molecule has 0 spiro atoms. The largest absolute Gasteiger partial charge is 0.327 e. The van der Waals surface area contributed by atoms with Crippen LogP contribution in [0.5, 0.6) is 0 Å². The molecule has 0 unspecified atom stereocenters. The Balaban J connectivity index is 0.000000218. The zero-order valence-electron chi connectivity index (χ0n) is 7.22. The third-order valence-electron chi connectivity index (χ3n) is 1.35. The maximum Gasteiger partial charge on any atom is 0.0104 e. The van der Waals surface area contributed by atoms with Crippen LogP contribution in [-0.4, -0.2) is 6.54 Å². The summed E-state index contributed by atoms with van der Waals surface area (Å²) in [6.45, 7) is 6.07. The first-order chi connectivity index (χ1) is 5.31. The van der Waals surface area contributed by atoms with Crippen molar-refractivity contribution in [1.29, 1.82) is 0 Å². The summed E-state index contributed by atoms with van der Waals surface area (Å²) in [5.74, 6) is 0. The number of nitrogens with two attached hydrogens (primary N) is 1. The third-order valence-corrected chi connectivity index (χ3v) is 1.35. The van der Waals surface area contributed by atoms with Gasteiger partial charge in [-0.05, 0) is 19.8 Å². The highest BCUT2D eigenvalue weighted by Crippen LogP contribution is 2.06. The van der Waals surface area contributed by atoms with E-state index in [-0.39, 0.29) is 0 Å². The third kappa shape index (κ3) is 7.07. The van der Waals surface area contributed by atoms with Crippen molar-refractivity contribution >= 4 is 0 Å². The van der Waals surface area contributed by atoms with Gasteiger partial charge in [0, 0.05) is 6.54 Å². The van der Waals surface area contributed by atoms with E-state index in [1.165, 1.54) is 18.4 Å². The summed E-state index contributed by atoms with van der Waals surface area (Å²) in [6.07, 6.45) is 10.8. The number of hydrogen-bond acceptors (Lipinski definition) is 1. The Kier molecular flexibility index (Phi) is 6.75. The Morgan fingerprint density at radius 2 is 2.27 bits per heavy atom. The Hall–Kier alpha value is -0.820. The van der Waals surface area contributed by atoms with Crippen molar-refractivity contribution in [3.8, 4) is 0 Å². The van der Waals surface area contributed by atoms with Crippen molar-refractivity contribution in [1.82, 2.24) is 0 Å². The van der Waals surface area contributed by atoms with Gasteiger partial charge in [-0.25, -0.2) is 0 Å². The summed E-state index contributed by atoms with van der Waals surface area (Å²) in [6, 6.07) is 0. The molecule has 1 rings (SSSR count). The van der Waals surface area contributed by atoms with Gasteiger partial charge in [0.15, 0.2) is 0 Å². The SMILES string of the molecule is C=CCN.CC1=CCCC=C1. The molecule has 1 nitrogen and oxygen atoms in total. The summed E-state index contributed by atoms with van der Waals surface area (Å²) in [4.78, 5) is 0. The van der Waals surface area contributed by atoms with Crippen molar-refractivity contribution in [2.24, 2.45) is 5.73 Å². The smallest absolute Gasteiger partial charge is 0.0104 e. The van der Waals surface area contributed by atoms with E-state index in [1.54, 1.807) is 6.08 Å². The zero-order valence-corrected chi connectivity index (χ0v) is 7.22. The van der Waals surface area contributed by atoms with Crippen LogP contribution in [-0.2, 0) is 0 Å². The lowest BCUT2D eigenvalue weighted by molar-refractivity contribution is 1.02. The molecule has 0 fully saturated rings. The van der Waals surface area contributed by atoms with Crippen LogP contribution < -0.4 is 5.73 Å². The first kappa shape index (κ1) is 10.2. The molecule has 1 heteroatoms. The van der Waals surface area contributed by atoms with Crippen molar-refractivity contribution in [2.75, 3.05) is 6.54 Å². The molecule has 0 atom stereocenters. The van der Waals surface area contributed by atoms with Gasteiger partial charge in [0.05, 0.1) is 0 Å². The van der Waals surface area contributed by atoms with Crippen LogP contribution >= 0.6 is 0 Å². The van der Waals surface area contributed by atoms with Crippen molar-refractivity contribution in [3.63, 3.8) is 0 Å². The average molecular weight is 151 g/mol. The van der Waals surface area contributed by atoms with Gasteiger partial charge in [0.2, 0.25) is 0 Å². The molecule has 0 aromatic rings. The quantitative estimate of drug-likeness (QED) is 0.572. The van der Waals surface area contributed by atoms with E-state index in [0.717, 1.165) is 0 Å². The van der Waals surface area contributed by atoms with Crippen molar-refractivity contribution < 1.29 is 0 Å². The van der Waals surface area contributed by atoms with E-state index < -0.39 is 0 Å². The summed E-state index contributed by atoms with van der Waals surface area (Å²) in [7, 11) is 0. The van der Waals surface area contributed by atoms with Gasteiger partial charge in [-0.2, -0.15) is 0 Å². The molecular formula is C10H17N. The van der Waals surface area contributed by atoms with Gasteiger partial charge in [-0.3, -0.25) is 0 Å². The zero-order chi connectivity index (χ0) is 8.53. The van der Waals surface area contributed by atoms with Gasteiger partial charge in [-0.1, -0.05) is 29.9 Å². The Morgan fingerprint density at radius 1 is 1.64 bits per heavy atom. The Morgan fingerprint density at radius 3 is 2.45 bits per heavy atom. The van der Waals surface area contributed by atoms with E-state index in [2.05, 4.69) is 31.7 Å². The van der Waals surface area contributed by atoms with Crippen LogP contribution in [0.3, 0.4) is 0 Å². The van der Waals surface area contributed by atoms with Crippen LogP contribution in [0.15, 0.2) is 36.5 Å². The van der Waals surface area contributed by atoms with Gasteiger partial charge in [0.1, 0.15) is 0 Å². The molecule has 0 radical (unpaired) electrons. The lowest BCUT2D eigenvalue weighted by atomic mass is 10.1. The molecule has 0 aromatic heterocycles. The summed E-state index contributed by atoms with van der Waals surface area (Å²) < 4.78 is 0. The highest BCUT2D eigenvalue weighted by atomic mass is 14.5. The molecule has 0 saturated carbocycles. The molecule has 0 bridgehead atoms. The van der Waals surface area contributed by atoms with Gasteiger partial charge in [-0.15, -0.1) is 6.58 Å². The predicted octanol–water partition coefficient (Wildman–Crippen LogP) is 2.41. The topological polar surface area (TPSA) is 26.0 Å². The van der Waals surface area contributed by atoms with E-state index in [9.17, 15) is 0 Å². The summed E-state index contributed by atoms with van der Waals surface area (Å²) in [5.41, 5.74) is 6.32. The average Bonchev–Trinajstić information content (AvgIpc) is 2.07. The molecule has 0 heterocycles. The lowest BCUT2D eigenvalue weighted by Gasteiger charge is -1.96. The molecule has 0 saturated heterocycles. The van der Waals surface area contributed by atoms with Crippen molar-refractivity contribution in [2.45, 2.75) is 19.8 Å². The lowest BCUT2D eigenvalue weighted by Crippen LogP contribution is -1.90. The Bertz CT molecular complexity index is 154. The second-order valence-electron chi connectivity index (χ2n) is 2.45. The minimum atomic E-state index is 0.583. The molecule has 0 amide bonds. The number of rotatable bonds is 1. The fourth-order valence-corrected chi connectivity index (χ4v) is 0.744. The normalized spacial score (nSPS) is 14.5. The van der Waals surface area contributed by atoms with Gasteiger partial charge < -0.3 is 5.73 Å². The fourth-order valence-electron chi connectivity index (χ4n) is 0.744. The number of allylic oxidation sites excluding steroid dienone is 4. The molecule has 1 aliphatic rings. The van der Waals surface area contributed by atoms with E-state index in [0.29, 0.717) is 6.54 Å². The summed E-state index contributed by atoms with van der Waals surface area (Å²) in [5, 5.41) is 0. The molecule has 62 valence electrons. The second-order valence-corrected chi connectivity index (χ2v) is 2.45.